The maximum atomic E-state index is 12.6. The van der Waals surface area contributed by atoms with E-state index in [0.717, 1.165) is 0 Å². The lowest BCUT2D eigenvalue weighted by Gasteiger charge is -2.25. The molecule has 0 aliphatic rings. The van der Waals surface area contributed by atoms with Gasteiger partial charge in [0.25, 0.3) is 0 Å². The molecule has 3 rings (SSSR count). The van der Waals surface area contributed by atoms with Crippen molar-refractivity contribution >= 4 is 39.9 Å². The van der Waals surface area contributed by atoms with E-state index in [1.54, 1.807) is 29.8 Å². The monoisotopic (exact) mass is 487 g/mol. The van der Waals surface area contributed by atoms with Crippen LogP contribution in [0.2, 0.25) is 10.0 Å². The summed E-state index contributed by atoms with van der Waals surface area (Å²) in [6, 6.07) is 8.81. The highest BCUT2D eigenvalue weighted by Gasteiger charge is 2.31. The van der Waals surface area contributed by atoms with Gasteiger partial charge in [0.2, 0.25) is 0 Å². The number of nitrogens with zero attached hydrogens (tertiary/aromatic N) is 1. The molecule has 1 atom stereocenters. The van der Waals surface area contributed by atoms with Crippen molar-refractivity contribution in [2.45, 2.75) is 38.8 Å². The van der Waals surface area contributed by atoms with E-state index in [2.05, 4.69) is 11.3 Å². The first-order chi connectivity index (χ1) is 14.7. The molecule has 172 valence electrons. The number of hydrogen-bond donors (Lipinski definition) is 1. The molecule has 1 heterocycles. The maximum Gasteiger partial charge on any atom is 0.573 e. The van der Waals surface area contributed by atoms with Crippen LogP contribution in [0.1, 0.15) is 43.7 Å². The molecule has 0 amide bonds. The zero-order chi connectivity index (χ0) is 24.0. The fourth-order valence-electron chi connectivity index (χ4n) is 3.40. The second kappa shape index (κ2) is 8.54. The average molecular weight is 488 g/mol. The molecule has 9 heteroatoms. The number of fused-ring (bicyclic) bond motifs is 1. The standard InChI is InChI=1S/C23H22Cl2F3NO3/c1-12(31-22(2,3)4)15-8-9-16(24)19(20(15)25)21(30)18-10-13-6-7-14(32-23(26,27)28)11-17(13)29(18)5/h6-11,21,30H,1H2,2-5H3. The molecule has 2 aromatic carbocycles. The van der Waals surface area contributed by atoms with Crippen LogP contribution in [0, 0.1) is 0 Å². The normalized spacial score (nSPS) is 13.3. The molecule has 1 unspecified atom stereocenters. The van der Waals surface area contributed by atoms with E-state index < -0.39 is 18.1 Å². The minimum Gasteiger partial charge on any atom is -0.488 e. The molecule has 0 saturated heterocycles. The number of benzene rings is 2. The summed E-state index contributed by atoms with van der Waals surface area (Å²) in [5.74, 6) is -0.0421. The lowest BCUT2D eigenvalue weighted by atomic mass is 10.0. The van der Waals surface area contributed by atoms with Crippen LogP contribution in [0.3, 0.4) is 0 Å². The lowest BCUT2D eigenvalue weighted by Crippen LogP contribution is -2.18. The molecule has 1 N–H and O–H groups in total. The summed E-state index contributed by atoms with van der Waals surface area (Å²) in [6.45, 7) is 9.52. The lowest BCUT2D eigenvalue weighted by molar-refractivity contribution is -0.274. The number of halogens is 5. The number of aromatic nitrogens is 1. The average Bonchev–Trinajstić information content (AvgIpc) is 2.95. The topological polar surface area (TPSA) is 43.6 Å². The van der Waals surface area contributed by atoms with Gasteiger partial charge in [-0.3, -0.25) is 0 Å². The first-order valence-electron chi connectivity index (χ1n) is 9.57. The van der Waals surface area contributed by atoms with Gasteiger partial charge in [-0.2, -0.15) is 0 Å². The van der Waals surface area contributed by atoms with Gasteiger partial charge in [0.15, 0.2) is 0 Å². The summed E-state index contributed by atoms with van der Waals surface area (Å²) in [5.41, 5.74) is 1.02. The Hall–Kier alpha value is -2.35. The van der Waals surface area contributed by atoms with Crippen molar-refractivity contribution in [2.24, 2.45) is 7.05 Å². The second-order valence-corrected chi connectivity index (χ2v) is 9.04. The molecule has 4 nitrogen and oxygen atoms in total. The summed E-state index contributed by atoms with van der Waals surface area (Å²) >= 11 is 13.0. The molecule has 0 aliphatic carbocycles. The minimum atomic E-state index is -4.81. The molecular weight excluding hydrogens is 466 g/mol. The van der Waals surface area contributed by atoms with Crippen molar-refractivity contribution in [3.63, 3.8) is 0 Å². The molecule has 0 fully saturated rings. The predicted molar refractivity (Wildman–Crippen MR) is 120 cm³/mol. The van der Waals surface area contributed by atoms with Crippen LogP contribution in [0.5, 0.6) is 5.75 Å². The van der Waals surface area contributed by atoms with Gasteiger partial charge < -0.3 is 19.1 Å². The van der Waals surface area contributed by atoms with E-state index in [1.165, 1.54) is 18.2 Å². The quantitative estimate of drug-likeness (QED) is 0.385. The van der Waals surface area contributed by atoms with E-state index in [0.29, 0.717) is 27.9 Å². The SMILES string of the molecule is C=C(OC(C)(C)C)c1ccc(Cl)c(C(O)c2cc3ccc(OC(F)(F)F)cc3n2C)c1Cl. The van der Waals surface area contributed by atoms with Crippen LogP contribution in [0.4, 0.5) is 13.2 Å². The Morgan fingerprint density at radius 2 is 1.75 bits per heavy atom. The van der Waals surface area contributed by atoms with Crippen LogP contribution < -0.4 is 4.74 Å². The summed E-state index contributed by atoms with van der Waals surface area (Å²) < 4.78 is 49.1. The Morgan fingerprint density at radius 3 is 2.34 bits per heavy atom. The molecule has 0 aliphatic heterocycles. The van der Waals surface area contributed by atoms with Gasteiger partial charge in [-0.15, -0.1) is 13.2 Å². The Kier molecular flexibility index (Phi) is 6.48. The Labute approximate surface area is 193 Å². The van der Waals surface area contributed by atoms with Crippen molar-refractivity contribution in [3.8, 4) is 5.75 Å². The summed E-state index contributed by atoms with van der Waals surface area (Å²) in [4.78, 5) is 0. The van der Waals surface area contributed by atoms with Crippen LogP contribution >= 0.6 is 23.2 Å². The summed E-state index contributed by atoms with van der Waals surface area (Å²) in [5, 5.41) is 12.2. The molecular formula is C23H22Cl2F3NO3. The van der Waals surface area contributed by atoms with Gasteiger partial charge in [-0.05, 0) is 51.1 Å². The van der Waals surface area contributed by atoms with Gasteiger partial charge in [0.05, 0.1) is 16.2 Å². The third kappa shape index (κ3) is 5.17. The van der Waals surface area contributed by atoms with Crippen LogP contribution in [0.15, 0.2) is 43.0 Å². The van der Waals surface area contributed by atoms with Crippen LogP contribution in [-0.2, 0) is 11.8 Å². The van der Waals surface area contributed by atoms with E-state index in [9.17, 15) is 18.3 Å². The van der Waals surface area contributed by atoms with Crippen molar-refractivity contribution in [1.82, 2.24) is 4.57 Å². The first kappa shape index (κ1) is 24.3. The third-order valence-electron chi connectivity index (χ3n) is 4.70. The maximum absolute atomic E-state index is 12.6. The number of ether oxygens (including phenoxy) is 2. The Balaban J connectivity index is 2.05. The van der Waals surface area contributed by atoms with Gasteiger partial charge in [-0.25, -0.2) is 0 Å². The van der Waals surface area contributed by atoms with E-state index in [1.807, 2.05) is 20.8 Å². The van der Waals surface area contributed by atoms with Crippen molar-refractivity contribution in [1.29, 1.82) is 0 Å². The highest BCUT2D eigenvalue weighted by molar-refractivity contribution is 6.37. The van der Waals surface area contributed by atoms with Gasteiger partial charge >= 0.3 is 6.36 Å². The Morgan fingerprint density at radius 1 is 1.09 bits per heavy atom. The number of alkyl halides is 3. The molecule has 1 aromatic heterocycles. The molecule has 0 spiro atoms. The van der Waals surface area contributed by atoms with Crippen LogP contribution in [-0.4, -0.2) is 21.6 Å². The highest BCUT2D eigenvalue weighted by Crippen LogP contribution is 2.40. The molecule has 32 heavy (non-hydrogen) atoms. The van der Waals surface area contributed by atoms with Gasteiger partial charge in [-0.1, -0.05) is 29.8 Å². The summed E-state index contributed by atoms with van der Waals surface area (Å²) in [6.07, 6.45) is -6.07. The zero-order valence-corrected chi connectivity index (χ0v) is 19.4. The second-order valence-electron chi connectivity index (χ2n) is 8.26. The minimum absolute atomic E-state index is 0.172. The third-order valence-corrected chi connectivity index (χ3v) is 5.43. The number of aliphatic hydroxyl groups excluding tert-OH is 1. The fraction of sp³-hybridized carbons (Fsp3) is 0.304. The van der Waals surface area contributed by atoms with E-state index in [-0.39, 0.29) is 21.4 Å². The fourth-order valence-corrected chi connectivity index (χ4v) is 4.08. The van der Waals surface area contributed by atoms with E-state index >= 15 is 0 Å². The molecule has 3 aromatic rings. The van der Waals surface area contributed by atoms with Crippen molar-refractivity contribution < 1.29 is 27.8 Å². The smallest absolute Gasteiger partial charge is 0.488 e. The summed E-state index contributed by atoms with van der Waals surface area (Å²) in [7, 11) is 1.62. The van der Waals surface area contributed by atoms with Gasteiger partial charge in [0.1, 0.15) is 23.2 Å². The van der Waals surface area contributed by atoms with Crippen molar-refractivity contribution in [3.05, 3.63) is 69.8 Å². The van der Waals surface area contributed by atoms with E-state index in [4.69, 9.17) is 27.9 Å². The number of hydrogen-bond acceptors (Lipinski definition) is 3. The molecule has 0 bridgehead atoms. The molecule has 0 radical (unpaired) electrons. The Bertz CT molecular complexity index is 1180. The zero-order valence-electron chi connectivity index (χ0n) is 17.8. The predicted octanol–water partition coefficient (Wildman–Crippen LogP) is 7.25. The first-order valence-corrected chi connectivity index (χ1v) is 10.3. The van der Waals surface area contributed by atoms with Gasteiger partial charge in [0, 0.05) is 34.6 Å². The molecule has 0 saturated carbocycles. The number of aryl methyl sites for hydroxylation is 1. The van der Waals surface area contributed by atoms with Crippen molar-refractivity contribution in [2.75, 3.05) is 0 Å². The van der Waals surface area contributed by atoms with Crippen LogP contribution in [0.25, 0.3) is 16.7 Å². The highest BCUT2D eigenvalue weighted by atomic mass is 35.5. The number of aliphatic hydroxyl groups is 1. The largest absolute Gasteiger partial charge is 0.573 e. The number of rotatable bonds is 5.